The number of nitrogens with two attached hydrogens (primary N) is 1. The zero-order valence-electron chi connectivity index (χ0n) is 12.0. The summed E-state index contributed by atoms with van der Waals surface area (Å²) in [4.78, 5) is 11.4. The Hall–Kier alpha value is -2.53. The van der Waals surface area contributed by atoms with E-state index >= 15 is 0 Å². The standard InChI is InChI=1S/C16H18N2O3/c1-20-12-8-9-14(18-16(19)21-2)13(10-12)15(17)11-6-4-3-5-7-11/h3-10,15H,17H2,1-2H3,(H,18,19). The number of benzene rings is 2. The Bertz CT molecular complexity index is 614. The molecule has 0 saturated carbocycles. The van der Waals surface area contributed by atoms with Crippen LogP contribution in [-0.2, 0) is 4.74 Å². The second-order valence-corrected chi connectivity index (χ2v) is 4.46. The van der Waals surface area contributed by atoms with Crippen LogP contribution in [-0.4, -0.2) is 20.3 Å². The molecule has 0 aliphatic carbocycles. The first-order valence-corrected chi connectivity index (χ1v) is 6.49. The number of rotatable bonds is 4. The topological polar surface area (TPSA) is 73.6 Å². The fraction of sp³-hybridized carbons (Fsp3) is 0.188. The molecule has 3 N–H and O–H groups in total. The van der Waals surface area contributed by atoms with E-state index in [9.17, 15) is 4.79 Å². The van der Waals surface area contributed by atoms with E-state index in [0.29, 0.717) is 11.4 Å². The van der Waals surface area contributed by atoms with Gasteiger partial charge in [0.25, 0.3) is 0 Å². The van der Waals surface area contributed by atoms with Crippen molar-refractivity contribution in [3.63, 3.8) is 0 Å². The summed E-state index contributed by atoms with van der Waals surface area (Å²) in [6, 6.07) is 14.6. The Labute approximate surface area is 123 Å². The summed E-state index contributed by atoms with van der Waals surface area (Å²) < 4.78 is 9.86. The van der Waals surface area contributed by atoms with Crippen LogP contribution < -0.4 is 15.8 Å². The zero-order chi connectivity index (χ0) is 15.2. The summed E-state index contributed by atoms with van der Waals surface area (Å²) >= 11 is 0. The molecule has 0 saturated heterocycles. The average molecular weight is 286 g/mol. The van der Waals surface area contributed by atoms with Crippen molar-refractivity contribution in [1.29, 1.82) is 0 Å². The molecule has 2 rings (SSSR count). The Morgan fingerprint density at radius 2 is 1.86 bits per heavy atom. The first-order valence-electron chi connectivity index (χ1n) is 6.49. The number of hydrogen-bond acceptors (Lipinski definition) is 4. The molecule has 1 amide bonds. The van der Waals surface area contributed by atoms with Gasteiger partial charge in [0.15, 0.2) is 0 Å². The van der Waals surface area contributed by atoms with Crippen LogP contribution in [0.1, 0.15) is 17.2 Å². The molecule has 21 heavy (non-hydrogen) atoms. The first kappa shape index (κ1) is 14.9. The predicted molar refractivity (Wildman–Crippen MR) is 81.5 cm³/mol. The summed E-state index contributed by atoms with van der Waals surface area (Å²) in [5.41, 5.74) is 8.61. The van der Waals surface area contributed by atoms with Crippen molar-refractivity contribution in [1.82, 2.24) is 0 Å². The third kappa shape index (κ3) is 3.52. The number of nitrogens with one attached hydrogen (secondary N) is 1. The maximum Gasteiger partial charge on any atom is 0.411 e. The highest BCUT2D eigenvalue weighted by Gasteiger charge is 2.16. The molecule has 0 aromatic heterocycles. The minimum absolute atomic E-state index is 0.381. The minimum atomic E-state index is -0.540. The van der Waals surface area contributed by atoms with Crippen molar-refractivity contribution in [2.24, 2.45) is 5.73 Å². The maximum absolute atomic E-state index is 11.4. The molecule has 1 unspecified atom stereocenters. The van der Waals surface area contributed by atoms with E-state index in [1.54, 1.807) is 19.2 Å². The molecular formula is C16H18N2O3. The van der Waals surface area contributed by atoms with E-state index in [1.165, 1.54) is 7.11 Å². The highest BCUT2D eigenvalue weighted by Crippen LogP contribution is 2.30. The lowest BCUT2D eigenvalue weighted by Gasteiger charge is -2.18. The lowest BCUT2D eigenvalue weighted by atomic mass is 9.97. The highest BCUT2D eigenvalue weighted by molar-refractivity contribution is 5.86. The van der Waals surface area contributed by atoms with Gasteiger partial charge in [-0.25, -0.2) is 4.79 Å². The average Bonchev–Trinajstić information content (AvgIpc) is 2.55. The van der Waals surface area contributed by atoms with E-state index in [-0.39, 0.29) is 6.04 Å². The van der Waals surface area contributed by atoms with Gasteiger partial charge in [-0.15, -0.1) is 0 Å². The quantitative estimate of drug-likeness (QED) is 0.906. The van der Waals surface area contributed by atoms with Crippen LogP contribution in [0.4, 0.5) is 10.5 Å². The lowest BCUT2D eigenvalue weighted by molar-refractivity contribution is 0.187. The predicted octanol–water partition coefficient (Wildman–Crippen LogP) is 2.92. The molecule has 0 spiro atoms. The van der Waals surface area contributed by atoms with Gasteiger partial charge in [0.2, 0.25) is 0 Å². The molecule has 0 fully saturated rings. The van der Waals surface area contributed by atoms with Crippen LogP contribution in [0.5, 0.6) is 5.75 Å². The Balaban J connectivity index is 2.41. The summed E-state index contributed by atoms with van der Waals surface area (Å²) in [5.74, 6) is 0.673. The van der Waals surface area contributed by atoms with Crippen molar-refractivity contribution < 1.29 is 14.3 Å². The molecule has 2 aromatic carbocycles. The number of carbonyl (C=O) groups excluding carboxylic acids is 1. The largest absolute Gasteiger partial charge is 0.497 e. The Kier molecular flexibility index (Phi) is 4.79. The maximum atomic E-state index is 11.4. The van der Waals surface area contributed by atoms with Gasteiger partial charge in [-0.05, 0) is 23.8 Å². The van der Waals surface area contributed by atoms with Gasteiger partial charge < -0.3 is 15.2 Å². The summed E-state index contributed by atoms with van der Waals surface area (Å²) in [6.45, 7) is 0. The fourth-order valence-corrected chi connectivity index (χ4v) is 2.04. The van der Waals surface area contributed by atoms with Crippen LogP contribution in [0.3, 0.4) is 0 Å². The number of methoxy groups -OCH3 is 2. The van der Waals surface area contributed by atoms with Crippen molar-refractivity contribution in [2.75, 3.05) is 19.5 Å². The van der Waals surface area contributed by atoms with E-state index in [4.69, 9.17) is 10.5 Å². The number of amides is 1. The number of anilines is 1. The third-order valence-corrected chi connectivity index (χ3v) is 3.17. The second-order valence-electron chi connectivity index (χ2n) is 4.46. The molecule has 0 radical (unpaired) electrons. The van der Waals surface area contributed by atoms with Crippen LogP contribution in [0.2, 0.25) is 0 Å². The molecule has 2 aromatic rings. The second kappa shape index (κ2) is 6.76. The van der Waals surface area contributed by atoms with Crippen molar-refractivity contribution >= 4 is 11.8 Å². The van der Waals surface area contributed by atoms with E-state index in [1.807, 2.05) is 36.4 Å². The summed E-state index contributed by atoms with van der Waals surface area (Å²) in [5, 5.41) is 2.67. The normalized spacial score (nSPS) is 11.6. The molecule has 0 aliphatic rings. The van der Waals surface area contributed by atoms with Crippen molar-refractivity contribution in [3.05, 3.63) is 59.7 Å². The minimum Gasteiger partial charge on any atom is -0.497 e. The summed E-state index contributed by atoms with van der Waals surface area (Å²) in [7, 11) is 2.90. The number of hydrogen-bond donors (Lipinski definition) is 2. The first-order chi connectivity index (χ1) is 10.2. The van der Waals surface area contributed by atoms with Gasteiger partial charge >= 0.3 is 6.09 Å². The third-order valence-electron chi connectivity index (χ3n) is 3.17. The molecule has 1 atom stereocenters. The van der Waals surface area contributed by atoms with E-state index < -0.39 is 6.09 Å². The van der Waals surface area contributed by atoms with Gasteiger partial charge in [-0.2, -0.15) is 0 Å². The van der Waals surface area contributed by atoms with Gasteiger partial charge in [-0.1, -0.05) is 30.3 Å². The number of carbonyl (C=O) groups is 1. The van der Waals surface area contributed by atoms with Gasteiger partial charge in [0.05, 0.1) is 20.3 Å². The SMILES string of the molecule is COC(=O)Nc1ccc(OC)cc1C(N)c1ccccc1. The number of ether oxygens (including phenoxy) is 2. The smallest absolute Gasteiger partial charge is 0.411 e. The molecule has 0 bridgehead atoms. The van der Waals surface area contributed by atoms with Crippen LogP contribution in [0.15, 0.2) is 48.5 Å². The highest BCUT2D eigenvalue weighted by atomic mass is 16.5. The zero-order valence-corrected chi connectivity index (χ0v) is 12.0. The van der Waals surface area contributed by atoms with E-state index in [0.717, 1.165) is 11.1 Å². The molecule has 0 heterocycles. The van der Waals surface area contributed by atoms with Gasteiger partial charge in [0, 0.05) is 11.3 Å². The van der Waals surface area contributed by atoms with Crippen LogP contribution in [0.25, 0.3) is 0 Å². The fourth-order valence-electron chi connectivity index (χ4n) is 2.04. The summed E-state index contributed by atoms with van der Waals surface area (Å²) in [6.07, 6.45) is -0.540. The monoisotopic (exact) mass is 286 g/mol. The molecule has 110 valence electrons. The van der Waals surface area contributed by atoms with Crippen LogP contribution in [0, 0.1) is 0 Å². The molecule has 0 aliphatic heterocycles. The molecule has 5 heteroatoms. The molecule has 5 nitrogen and oxygen atoms in total. The van der Waals surface area contributed by atoms with Gasteiger partial charge in [-0.3, -0.25) is 5.32 Å². The van der Waals surface area contributed by atoms with Gasteiger partial charge in [0.1, 0.15) is 5.75 Å². The Morgan fingerprint density at radius 3 is 2.48 bits per heavy atom. The Morgan fingerprint density at radius 1 is 1.14 bits per heavy atom. The van der Waals surface area contributed by atoms with Crippen molar-refractivity contribution in [3.8, 4) is 5.75 Å². The van der Waals surface area contributed by atoms with E-state index in [2.05, 4.69) is 10.1 Å². The lowest BCUT2D eigenvalue weighted by Crippen LogP contribution is -2.18. The molecular weight excluding hydrogens is 268 g/mol. The van der Waals surface area contributed by atoms with Crippen LogP contribution >= 0.6 is 0 Å². The van der Waals surface area contributed by atoms with Crippen molar-refractivity contribution in [2.45, 2.75) is 6.04 Å².